The fraction of sp³-hybridized carbons (Fsp3) is 0.125. The van der Waals surface area contributed by atoms with Crippen molar-refractivity contribution in [3.63, 3.8) is 0 Å². The summed E-state index contributed by atoms with van der Waals surface area (Å²) in [5, 5.41) is 3.87. The van der Waals surface area contributed by atoms with E-state index < -0.39 is 17.7 Å². The Morgan fingerprint density at radius 1 is 1.25 bits per heavy atom. The predicted octanol–water partition coefficient (Wildman–Crippen LogP) is 4.38. The first-order chi connectivity index (χ1) is 11.4. The summed E-state index contributed by atoms with van der Waals surface area (Å²) >= 11 is 1.09. The summed E-state index contributed by atoms with van der Waals surface area (Å²) in [4.78, 5) is 16.4. The number of aryl methyl sites for hydroxylation is 1. The highest BCUT2D eigenvalue weighted by Gasteiger charge is 2.35. The van der Waals surface area contributed by atoms with Gasteiger partial charge >= 0.3 is 6.18 Å². The van der Waals surface area contributed by atoms with Crippen LogP contribution in [0, 0.1) is 0 Å². The van der Waals surface area contributed by atoms with Gasteiger partial charge in [-0.2, -0.15) is 13.2 Å². The highest BCUT2D eigenvalue weighted by molar-refractivity contribution is 7.12. The number of alkyl halides is 3. The number of carbonyl (C=O) groups is 1. The van der Waals surface area contributed by atoms with Gasteiger partial charge < -0.3 is 9.88 Å². The van der Waals surface area contributed by atoms with Crippen LogP contribution in [-0.2, 0) is 7.05 Å². The van der Waals surface area contributed by atoms with Gasteiger partial charge in [0.1, 0.15) is 5.70 Å². The van der Waals surface area contributed by atoms with E-state index in [0.717, 1.165) is 11.3 Å². The van der Waals surface area contributed by atoms with Gasteiger partial charge in [-0.25, -0.2) is 4.98 Å². The Bertz CT molecular complexity index is 910. The summed E-state index contributed by atoms with van der Waals surface area (Å²) in [6, 6.07) is 10.1. The largest absolute Gasteiger partial charge is 0.431 e. The summed E-state index contributed by atoms with van der Waals surface area (Å²) in [6.45, 7) is 0. The molecule has 0 saturated carbocycles. The van der Waals surface area contributed by atoms with Crippen LogP contribution < -0.4 is 5.32 Å². The van der Waals surface area contributed by atoms with Crippen LogP contribution in [0.4, 0.5) is 19.1 Å². The van der Waals surface area contributed by atoms with Crippen LogP contribution in [0.25, 0.3) is 11.0 Å². The number of imidazole rings is 1. The molecule has 0 bridgehead atoms. The topological polar surface area (TPSA) is 46.9 Å². The van der Waals surface area contributed by atoms with Gasteiger partial charge in [0.15, 0.2) is 5.78 Å². The van der Waals surface area contributed by atoms with Crippen molar-refractivity contribution in [3.05, 3.63) is 58.4 Å². The first kappa shape index (κ1) is 16.3. The molecular weight excluding hydrogens is 339 g/mol. The number of halogens is 3. The summed E-state index contributed by atoms with van der Waals surface area (Å²) in [7, 11) is 1.60. The number of fused-ring (bicyclic) bond motifs is 1. The first-order valence-electron chi connectivity index (χ1n) is 6.91. The maximum absolute atomic E-state index is 13.3. The van der Waals surface area contributed by atoms with Gasteiger partial charge in [-0.3, -0.25) is 4.79 Å². The molecule has 124 valence electrons. The molecule has 24 heavy (non-hydrogen) atoms. The number of rotatable bonds is 4. The standard InChI is InChI=1S/C16H12F3N3OS/c1-22-11-6-3-2-5-10(11)20-15(22)21-14(16(17,18)19)9-12(23)13-7-4-8-24-13/h2-9H,1H3,(H,20,21)/b14-9-. The second-order valence-electron chi connectivity index (χ2n) is 5.01. The second kappa shape index (κ2) is 6.12. The van der Waals surface area contributed by atoms with Crippen molar-refractivity contribution < 1.29 is 18.0 Å². The third kappa shape index (κ3) is 3.18. The molecule has 1 N–H and O–H groups in total. The lowest BCUT2D eigenvalue weighted by Crippen LogP contribution is -2.22. The fourth-order valence-corrected chi connectivity index (χ4v) is 2.82. The summed E-state index contributed by atoms with van der Waals surface area (Å²) in [5.74, 6) is -0.692. The predicted molar refractivity (Wildman–Crippen MR) is 87.1 cm³/mol. The van der Waals surface area contributed by atoms with Crippen LogP contribution in [0.2, 0.25) is 0 Å². The van der Waals surface area contributed by atoms with E-state index in [4.69, 9.17) is 0 Å². The van der Waals surface area contributed by atoms with Crippen LogP contribution in [0.15, 0.2) is 53.6 Å². The molecule has 0 fully saturated rings. The minimum atomic E-state index is -4.70. The molecule has 8 heteroatoms. The number of thiophene rings is 1. The SMILES string of the molecule is Cn1c(N/C(=C\C(=O)c2cccs2)C(F)(F)F)nc2ccccc21. The van der Waals surface area contributed by atoms with E-state index in [1.165, 1.54) is 10.6 Å². The van der Waals surface area contributed by atoms with Crippen LogP contribution in [-0.4, -0.2) is 21.5 Å². The number of nitrogens with one attached hydrogen (secondary N) is 1. The van der Waals surface area contributed by atoms with Gasteiger partial charge in [0.25, 0.3) is 0 Å². The lowest BCUT2D eigenvalue weighted by molar-refractivity contribution is -0.0904. The molecule has 1 aromatic carbocycles. The number of nitrogens with zero attached hydrogens (tertiary/aromatic N) is 2. The van der Waals surface area contributed by atoms with Crippen LogP contribution in [0.5, 0.6) is 0 Å². The second-order valence-corrected chi connectivity index (χ2v) is 5.95. The lowest BCUT2D eigenvalue weighted by atomic mass is 10.2. The Morgan fingerprint density at radius 2 is 2.00 bits per heavy atom. The number of aromatic nitrogens is 2. The molecule has 0 aliphatic carbocycles. The number of allylic oxidation sites excluding steroid dienone is 2. The molecule has 0 unspecified atom stereocenters. The smallest absolute Gasteiger partial charge is 0.321 e. The Morgan fingerprint density at radius 3 is 2.62 bits per heavy atom. The van der Waals surface area contributed by atoms with Crippen LogP contribution in [0.3, 0.4) is 0 Å². The van der Waals surface area contributed by atoms with Crippen molar-refractivity contribution in [2.45, 2.75) is 6.18 Å². The van der Waals surface area contributed by atoms with E-state index in [9.17, 15) is 18.0 Å². The molecule has 0 atom stereocenters. The molecule has 0 aliphatic rings. The number of anilines is 1. The van der Waals surface area contributed by atoms with Crippen molar-refractivity contribution in [3.8, 4) is 0 Å². The zero-order valence-electron chi connectivity index (χ0n) is 12.5. The average Bonchev–Trinajstić information content (AvgIpc) is 3.15. The highest BCUT2D eigenvalue weighted by Crippen LogP contribution is 2.28. The monoisotopic (exact) mass is 351 g/mol. The van der Waals surface area contributed by atoms with Crippen molar-refractivity contribution in [2.24, 2.45) is 7.05 Å². The lowest BCUT2D eigenvalue weighted by Gasteiger charge is -2.13. The zero-order chi connectivity index (χ0) is 17.3. The molecule has 0 spiro atoms. The molecule has 0 aliphatic heterocycles. The Kier molecular flexibility index (Phi) is 4.15. The van der Waals surface area contributed by atoms with Crippen molar-refractivity contribution in [1.29, 1.82) is 0 Å². The number of carbonyl (C=O) groups excluding carboxylic acids is 1. The highest BCUT2D eigenvalue weighted by atomic mass is 32.1. The molecule has 2 heterocycles. The third-order valence-electron chi connectivity index (χ3n) is 3.38. The fourth-order valence-electron chi connectivity index (χ4n) is 2.19. The number of para-hydroxylation sites is 2. The van der Waals surface area contributed by atoms with Gasteiger partial charge in [0.2, 0.25) is 5.95 Å². The first-order valence-corrected chi connectivity index (χ1v) is 7.79. The number of benzene rings is 1. The van der Waals surface area contributed by atoms with Gasteiger partial charge in [-0.15, -0.1) is 11.3 Å². The van der Waals surface area contributed by atoms with Crippen molar-refractivity contribution >= 4 is 34.1 Å². The van der Waals surface area contributed by atoms with Gasteiger partial charge in [-0.1, -0.05) is 18.2 Å². The summed E-state index contributed by atoms with van der Waals surface area (Å²) in [6.07, 6.45) is -4.14. The maximum atomic E-state index is 13.3. The van der Waals surface area contributed by atoms with Crippen molar-refractivity contribution in [2.75, 3.05) is 5.32 Å². The van der Waals surface area contributed by atoms with Crippen LogP contribution in [0.1, 0.15) is 9.67 Å². The average molecular weight is 351 g/mol. The maximum Gasteiger partial charge on any atom is 0.431 e. The molecule has 3 rings (SSSR count). The molecular formula is C16H12F3N3OS. The quantitative estimate of drug-likeness (QED) is 0.561. The van der Waals surface area contributed by atoms with E-state index in [-0.39, 0.29) is 10.8 Å². The van der Waals surface area contributed by atoms with Crippen LogP contribution >= 0.6 is 11.3 Å². The number of hydrogen-bond donors (Lipinski definition) is 1. The van der Waals surface area contributed by atoms with Crippen molar-refractivity contribution in [1.82, 2.24) is 9.55 Å². The Labute approximate surface area is 139 Å². The van der Waals surface area contributed by atoms with E-state index >= 15 is 0 Å². The minimum Gasteiger partial charge on any atom is -0.321 e. The normalized spacial score (nSPS) is 12.6. The molecule has 3 aromatic rings. The zero-order valence-corrected chi connectivity index (χ0v) is 13.3. The number of hydrogen-bond acceptors (Lipinski definition) is 4. The molecule has 2 aromatic heterocycles. The van der Waals surface area contributed by atoms with Gasteiger partial charge in [0, 0.05) is 13.1 Å². The Hall–Kier alpha value is -2.61. The molecule has 0 radical (unpaired) electrons. The molecule has 0 saturated heterocycles. The third-order valence-corrected chi connectivity index (χ3v) is 4.26. The van der Waals surface area contributed by atoms with E-state index in [0.29, 0.717) is 17.1 Å². The van der Waals surface area contributed by atoms with E-state index in [1.807, 2.05) is 0 Å². The van der Waals surface area contributed by atoms with Gasteiger partial charge in [0.05, 0.1) is 15.9 Å². The molecule has 0 amide bonds. The van der Waals surface area contributed by atoms with E-state index in [1.54, 1.807) is 42.8 Å². The van der Waals surface area contributed by atoms with E-state index in [2.05, 4.69) is 10.3 Å². The Balaban J connectivity index is 1.98. The summed E-state index contributed by atoms with van der Waals surface area (Å²) < 4.78 is 41.3. The van der Waals surface area contributed by atoms with Gasteiger partial charge in [-0.05, 0) is 23.6 Å². The summed E-state index contributed by atoms with van der Waals surface area (Å²) in [5.41, 5.74) is 0.0963. The molecule has 4 nitrogen and oxygen atoms in total. The minimum absolute atomic E-state index is 0.0127. The number of ketones is 1.